The van der Waals surface area contributed by atoms with Gasteiger partial charge in [-0.2, -0.15) is 0 Å². The van der Waals surface area contributed by atoms with Gasteiger partial charge in [0.05, 0.1) is 14.2 Å². The first-order chi connectivity index (χ1) is 10.0. The normalized spacial score (nSPS) is 10.2. The fraction of sp³-hybridized carbons (Fsp3) is 0.250. The Morgan fingerprint density at radius 3 is 2.38 bits per heavy atom. The van der Waals surface area contributed by atoms with Crippen LogP contribution < -0.4 is 15.1 Å². The molecule has 0 fully saturated rings. The molecule has 0 amide bonds. The van der Waals surface area contributed by atoms with Crippen LogP contribution in [0.15, 0.2) is 39.5 Å². The van der Waals surface area contributed by atoms with E-state index in [-0.39, 0.29) is 23.5 Å². The SMILES string of the molecule is COc1ccc(CC(=O)c2c(OC)cc(C)oc2=O)cc1. The van der Waals surface area contributed by atoms with Gasteiger partial charge >= 0.3 is 5.63 Å². The van der Waals surface area contributed by atoms with Crippen molar-refractivity contribution in [3.63, 3.8) is 0 Å². The molecule has 0 saturated carbocycles. The summed E-state index contributed by atoms with van der Waals surface area (Å²) in [6.45, 7) is 1.63. The minimum absolute atomic E-state index is 0.0566. The van der Waals surface area contributed by atoms with Gasteiger partial charge in [-0.1, -0.05) is 12.1 Å². The van der Waals surface area contributed by atoms with Crippen LogP contribution in [0.5, 0.6) is 11.5 Å². The van der Waals surface area contributed by atoms with Gasteiger partial charge in [-0.3, -0.25) is 4.79 Å². The van der Waals surface area contributed by atoms with Crippen LogP contribution in [0.3, 0.4) is 0 Å². The third kappa shape index (κ3) is 3.31. The van der Waals surface area contributed by atoms with Crippen LogP contribution >= 0.6 is 0 Å². The molecule has 0 unspecified atom stereocenters. The zero-order valence-electron chi connectivity index (χ0n) is 12.1. The topological polar surface area (TPSA) is 65.7 Å². The molecular formula is C16H16O5. The first-order valence-electron chi connectivity index (χ1n) is 6.40. The summed E-state index contributed by atoms with van der Waals surface area (Å²) < 4.78 is 15.1. The molecule has 0 aliphatic heterocycles. The molecule has 0 atom stereocenters. The lowest BCUT2D eigenvalue weighted by Gasteiger charge is -2.07. The molecule has 2 rings (SSSR count). The second-order valence-electron chi connectivity index (χ2n) is 4.54. The van der Waals surface area contributed by atoms with Gasteiger partial charge in [-0.15, -0.1) is 0 Å². The van der Waals surface area contributed by atoms with Crippen LogP contribution in [0.1, 0.15) is 21.7 Å². The van der Waals surface area contributed by atoms with Gasteiger partial charge < -0.3 is 13.9 Å². The van der Waals surface area contributed by atoms with Crippen molar-refractivity contribution in [1.29, 1.82) is 0 Å². The van der Waals surface area contributed by atoms with Crippen molar-refractivity contribution in [1.82, 2.24) is 0 Å². The van der Waals surface area contributed by atoms with E-state index in [0.717, 1.165) is 5.56 Å². The standard InChI is InChI=1S/C16H16O5/c1-10-8-14(20-3)15(16(18)21-10)13(17)9-11-4-6-12(19-2)7-5-11/h4-8H,9H2,1-3H3. The molecule has 5 heteroatoms. The minimum Gasteiger partial charge on any atom is -0.497 e. The van der Waals surface area contributed by atoms with Crippen LogP contribution in [0.2, 0.25) is 0 Å². The van der Waals surface area contributed by atoms with Gasteiger partial charge in [0.1, 0.15) is 22.8 Å². The lowest BCUT2D eigenvalue weighted by atomic mass is 10.0. The van der Waals surface area contributed by atoms with E-state index in [1.807, 2.05) is 0 Å². The Hall–Kier alpha value is -2.56. The fourth-order valence-electron chi connectivity index (χ4n) is 2.01. The number of carbonyl (C=O) groups is 1. The summed E-state index contributed by atoms with van der Waals surface area (Å²) in [7, 11) is 2.99. The number of benzene rings is 1. The largest absolute Gasteiger partial charge is 0.497 e. The lowest BCUT2D eigenvalue weighted by Crippen LogP contribution is -2.18. The van der Waals surface area contributed by atoms with Crippen molar-refractivity contribution >= 4 is 5.78 Å². The molecule has 1 aromatic carbocycles. The fourth-order valence-corrected chi connectivity index (χ4v) is 2.01. The Morgan fingerprint density at radius 2 is 1.81 bits per heavy atom. The number of rotatable bonds is 5. The molecule has 0 spiro atoms. The van der Waals surface area contributed by atoms with Crippen LogP contribution in [-0.2, 0) is 6.42 Å². The van der Waals surface area contributed by atoms with Crippen LogP contribution in [0.4, 0.5) is 0 Å². The van der Waals surface area contributed by atoms with E-state index in [0.29, 0.717) is 11.5 Å². The van der Waals surface area contributed by atoms with Gasteiger partial charge in [0, 0.05) is 12.5 Å². The zero-order valence-corrected chi connectivity index (χ0v) is 12.1. The first-order valence-corrected chi connectivity index (χ1v) is 6.40. The van der Waals surface area contributed by atoms with E-state index in [9.17, 15) is 9.59 Å². The molecule has 0 saturated heterocycles. The summed E-state index contributed by atoms with van der Waals surface area (Å²) in [6, 6.07) is 8.61. The summed E-state index contributed by atoms with van der Waals surface area (Å²) in [4.78, 5) is 24.2. The minimum atomic E-state index is -0.676. The van der Waals surface area contributed by atoms with Crippen molar-refractivity contribution < 1.29 is 18.7 Å². The van der Waals surface area contributed by atoms with E-state index in [1.165, 1.54) is 13.2 Å². The van der Waals surface area contributed by atoms with Crippen molar-refractivity contribution in [2.45, 2.75) is 13.3 Å². The average Bonchev–Trinajstić information content (AvgIpc) is 2.46. The molecular weight excluding hydrogens is 272 g/mol. The average molecular weight is 288 g/mol. The van der Waals surface area contributed by atoms with Crippen LogP contribution in [-0.4, -0.2) is 20.0 Å². The number of ether oxygens (including phenoxy) is 2. The molecule has 0 aliphatic carbocycles. The highest BCUT2D eigenvalue weighted by Crippen LogP contribution is 2.19. The van der Waals surface area contributed by atoms with E-state index in [1.54, 1.807) is 38.3 Å². The number of hydrogen-bond acceptors (Lipinski definition) is 5. The highest BCUT2D eigenvalue weighted by Gasteiger charge is 2.19. The number of carbonyl (C=O) groups excluding carboxylic acids is 1. The molecule has 1 heterocycles. The van der Waals surface area contributed by atoms with E-state index >= 15 is 0 Å². The summed E-state index contributed by atoms with van der Waals surface area (Å²) in [6.07, 6.45) is 0.0914. The Bertz CT molecular complexity index is 698. The smallest absolute Gasteiger partial charge is 0.350 e. The number of aryl methyl sites for hydroxylation is 1. The summed E-state index contributed by atoms with van der Waals surface area (Å²) in [5.41, 5.74) is 0.0482. The maximum atomic E-state index is 12.3. The van der Waals surface area contributed by atoms with Gasteiger partial charge in [-0.25, -0.2) is 4.79 Å². The number of methoxy groups -OCH3 is 2. The predicted molar refractivity (Wildman–Crippen MR) is 77.3 cm³/mol. The van der Waals surface area contributed by atoms with Gasteiger partial charge in [0.15, 0.2) is 5.78 Å². The van der Waals surface area contributed by atoms with Gasteiger partial charge in [0.2, 0.25) is 0 Å². The third-order valence-electron chi connectivity index (χ3n) is 3.06. The molecule has 2 aromatic rings. The number of ketones is 1. The van der Waals surface area contributed by atoms with E-state index in [2.05, 4.69) is 0 Å². The highest BCUT2D eigenvalue weighted by atomic mass is 16.5. The third-order valence-corrected chi connectivity index (χ3v) is 3.06. The Morgan fingerprint density at radius 1 is 1.14 bits per heavy atom. The van der Waals surface area contributed by atoms with Gasteiger partial charge in [0.25, 0.3) is 0 Å². The maximum absolute atomic E-state index is 12.3. The monoisotopic (exact) mass is 288 g/mol. The van der Waals surface area contributed by atoms with E-state index < -0.39 is 5.63 Å². The first kappa shape index (κ1) is 14.8. The molecule has 0 radical (unpaired) electrons. The molecule has 0 bridgehead atoms. The molecule has 0 aliphatic rings. The second-order valence-corrected chi connectivity index (χ2v) is 4.54. The van der Waals surface area contributed by atoms with Crippen molar-refractivity contribution in [3.05, 3.63) is 57.6 Å². The van der Waals surface area contributed by atoms with Crippen molar-refractivity contribution in [2.24, 2.45) is 0 Å². The van der Waals surface area contributed by atoms with Crippen LogP contribution in [0.25, 0.3) is 0 Å². The van der Waals surface area contributed by atoms with Gasteiger partial charge in [-0.05, 0) is 24.6 Å². The second kappa shape index (κ2) is 6.26. The maximum Gasteiger partial charge on any atom is 0.350 e. The summed E-state index contributed by atoms with van der Waals surface area (Å²) >= 11 is 0. The Labute approximate surface area is 122 Å². The highest BCUT2D eigenvalue weighted by molar-refractivity contribution is 5.99. The lowest BCUT2D eigenvalue weighted by molar-refractivity contribution is 0.0985. The van der Waals surface area contributed by atoms with Crippen molar-refractivity contribution in [2.75, 3.05) is 14.2 Å². The molecule has 1 aromatic heterocycles. The predicted octanol–water partition coefficient (Wildman–Crippen LogP) is 2.39. The molecule has 0 N–H and O–H groups in total. The molecule has 5 nitrogen and oxygen atoms in total. The van der Waals surface area contributed by atoms with Crippen LogP contribution in [0, 0.1) is 6.92 Å². The van der Waals surface area contributed by atoms with Crippen molar-refractivity contribution in [3.8, 4) is 11.5 Å². The molecule has 21 heavy (non-hydrogen) atoms. The number of Topliss-reactive ketones (excluding diaryl/α,β-unsaturated/α-hetero) is 1. The quantitative estimate of drug-likeness (QED) is 0.790. The summed E-state index contributed by atoms with van der Waals surface area (Å²) in [5, 5.41) is 0. The summed E-state index contributed by atoms with van der Waals surface area (Å²) in [5.74, 6) is 1.00. The number of hydrogen-bond donors (Lipinski definition) is 0. The molecule has 110 valence electrons. The van der Waals surface area contributed by atoms with E-state index in [4.69, 9.17) is 13.9 Å². The zero-order chi connectivity index (χ0) is 15.4. The Balaban J connectivity index is 2.29. The Kier molecular flexibility index (Phi) is 4.42.